The van der Waals surface area contributed by atoms with Gasteiger partial charge in [-0.15, -0.1) is 0 Å². The standard InChI is InChI=1S/C51H60N8O7/c1-25(2)43(56-50(62)64-6)48(60)58-40-20-35(40)21-41(58)46-53-24-39(55-46)34-15-14-32-18-31(12-13-33(32)19-34)29-8-10-30(11-9-29)38-23-52-47(54-38)42-22-37-28(5)45(37)59(42)49(61)44(57-51(63)65-7)36-16-26(3)66-27(4)17-36/h8-15,18-19,23-28,35-37,40-45H,16-17,20-22H2,1-7H3,(H,52,54)(H,53,55)(H,56,62)(H,57,63)/t26-,27+,28?,35-,36+,37?,40-,41+,42?,43?,44+,45?/m1/s1. The quantitative estimate of drug-likeness (QED) is 0.102. The number of amides is 4. The summed E-state index contributed by atoms with van der Waals surface area (Å²) >= 11 is 0. The van der Waals surface area contributed by atoms with Crippen molar-refractivity contribution in [2.24, 2.45) is 29.6 Å². The van der Waals surface area contributed by atoms with Crippen LogP contribution in [0.25, 0.3) is 44.4 Å². The monoisotopic (exact) mass is 896 g/mol. The molecule has 3 saturated heterocycles. The number of hydrogen-bond donors (Lipinski definition) is 4. The number of aromatic amines is 2. The molecule has 2 saturated carbocycles. The van der Waals surface area contributed by atoms with Gasteiger partial charge in [0.05, 0.1) is 62.3 Å². The second kappa shape index (κ2) is 17.2. The van der Waals surface area contributed by atoms with E-state index < -0.39 is 24.3 Å². The minimum absolute atomic E-state index is 0.0156. The van der Waals surface area contributed by atoms with Gasteiger partial charge >= 0.3 is 12.2 Å². The zero-order chi connectivity index (χ0) is 46.1. The van der Waals surface area contributed by atoms with E-state index in [-0.39, 0.29) is 60.0 Å². The van der Waals surface area contributed by atoms with E-state index in [1.54, 1.807) is 0 Å². The number of imidazole rings is 2. The number of carbonyl (C=O) groups excluding carboxylic acids is 4. The molecule has 5 heterocycles. The predicted molar refractivity (Wildman–Crippen MR) is 248 cm³/mol. The summed E-state index contributed by atoms with van der Waals surface area (Å²) in [5, 5.41) is 7.86. The minimum atomic E-state index is -0.717. The van der Waals surface area contributed by atoms with Crippen molar-refractivity contribution in [2.45, 2.75) is 115 Å². The van der Waals surface area contributed by atoms with E-state index in [1.807, 2.05) is 49.9 Å². The number of fused-ring (bicyclic) bond motifs is 3. The number of nitrogens with one attached hydrogen (secondary N) is 4. The van der Waals surface area contributed by atoms with Crippen LogP contribution < -0.4 is 10.6 Å². The summed E-state index contributed by atoms with van der Waals surface area (Å²) in [6.07, 6.45) is 6.43. The molecule has 4 N–H and O–H groups in total. The summed E-state index contributed by atoms with van der Waals surface area (Å²) < 4.78 is 15.8. The number of H-pyrrole nitrogens is 2. The van der Waals surface area contributed by atoms with E-state index in [2.05, 4.69) is 88.2 Å². The molecule has 12 atom stereocenters. The normalized spacial score (nSPS) is 28.4. The Balaban J connectivity index is 0.826. The predicted octanol–water partition coefficient (Wildman–Crippen LogP) is 8.17. The van der Waals surface area contributed by atoms with E-state index in [4.69, 9.17) is 24.2 Å². The van der Waals surface area contributed by atoms with Crippen LogP contribution in [0.3, 0.4) is 0 Å². The van der Waals surface area contributed by atoms with Crippen LogP contribution in [0.1, 0.15) is 90.5 Å². The third-order valence-corrected chi connectivity index (χ3v) is 15.1. The molecule has 2 aromatic heterocycles. The van der Waals surface area contributed by atoms with Crippen LogP contribution in [0.4, 0.5) is 9.59 Å². The van der Waals surface area contributed by atoms with Gasteiger partial charge in [-0.05, 0) is 115 Å². The highest BCUT2D eigenvalue weighted by molar-refractivity contribution is 5.91. The summed E-state index contributed by atoms with van der Waals surface area (Å²) in [4.78, 5) is 73.8. The molecule has 2 aliphatic carbocycles. The zero-order valence-corrected chi connectivity index (χ0v) is 38.6. The highest BCUT2D eigenvalue weighted by Crippen LogP contribution is 2.58. The van der Waals surface area contributed by atoms with Gasteiger partial charge in [0.1, 0.15) is 23.7 Å². The number of hydrogen-bond acceptors (Lipinski definition) is 9. The van der Waals surface area contributed by atoms with Gasteiger partial charge in [-0.1, -0.05) is 69.3 Å². The maximum absolute atomic E-state index is 14.6. The van der Waals surface area contributed by atoms with Crippen molar-refractivity contribution >= 4 is 34.8 Å². The molecule has 5 unspecified atom stereocenters. The Hall–Kier alpha value is -6.22. The first-order valence-electron chi connectivity index (χ1n) is 23.5. The lowest BCUT2D eigenvalue weighted by Gasteiger charge is -2.39. The van der Waals surface area contributed by atoms with Crippen molar-refractivity contribution in [3.05, 3.63) is 84.7 Å². The molecule has 0 radical (unpaired) electrons. The molecule has 346 valence electrons. The van der Waals surface area contributed by atoms with Crippen LogP contribution in [-0.2, 0) is 23.8 Å². The van der Waals surface area contributed by atoms with Crippen LogP contribution in [0, 0.1) is 29.6 Å². The molecule has 3 aromatic carbocycles. The maximum atomic E-state index is 14.6. The van der Waals surface area contributed by atoms with Gasteiger partial charge in [-0.3, -0.25) is 9.59 Å². The van der Waals surface area contributed by atoms with Gasteiger partial charge in [0, 0.05) is 17.6 Å². The first-order chi connectivity index (χ1) is 31.8. The Labute approximate surface area is 384 Å². The molecule has 5 fully saturated rings. The first kappa shape index (κ1) is 43.7. The molecule has 66 heavy (non-hydrogen) atoms. The Bertz CT molecular complexity index is 2650. The molecule has 3 aliphatic heterocycles. The number of rotatable bonds is 11. The van der Waals surface area contributed by atoms with Crippen LogP contribution in [0.2, 0.25) is 0 Å². The molecule has 5 aromatic rings. The number of likely N-dealkylation sites (tertiary alicyclic amines) is 2. The summed E-state index contributed by atoms with van der Waals surface area (Å²) in [6.45, 7) is 10.1. The molecule has 15 heteroatoms. The van der Waals surface area contributed by atoms with Crippen molar-refractivity contribution in [1.29, 1.82) is 0 Å². The average molecular weight is 897 g/mol. The smallest absolute Gasteiger partial charge is 0.407 e. The van der Waals surface area contributed by atoms with Crippen molar-refractivity contribution in [3.63, 3.8) is 0 Å². The average Bonchev–Trinajstić information content (AvgIpc) is 3.78. The van der Waals surface area contributed by atoms with Gasteiger partial charge < -0.3 is 44.6 Å². The molecule has 10 rings (SSSR count). The van der Waals surface area contributed by atoms with Crippen LogP contribution >= 0.6 is 0 Å². The lowest BCUT2D eigenvalue weighted by atomic mass is 9.85. The number of ether oxygens (including phenoxy) is 3. The molecule has 0 bridgehead atoms. The number of nitrogens with zero attached hydrogens (tertiary/aromatic N) is 4. The van der Waals surface area contributed by atoms with Gasteiger partial charge in [-0.2, -0.15) is 0 Å². The van der Waals surface area contributed by atoms with Crippen molar-refractivity contribution < 1.29 is 33.4 Å². The maximum Gasteiger partial charge on any atom is 0.407 e. The van der Waals surface area contributed by atoms with E-state index in [0.717, 1.165) is 75.3 Å². The second-order valence-electron chi connectivity index (χ2n) is 19.7. The molecular formula is C51H60N8O7. The molecule has 5 aliphatic rings. The second-order valence-corrected chi connectivity index (χ2v) is 19.7. The Morgan fingerprint density at radius 1 is 0.682 bits per heavy atom. The number of piperidine rings is 2. The summed E-state index contributed by atoms with van der Waals surface area (Å²) in [7, 11) is 2.63. The van der Waals surface area contributed by atoms with Crippen LogP contribution in [0.15, 0.2) is 73.1 Å². The van der Waals surface area contributed by atoms with Gasteiger partial charge in [-0.25, -0.2) is 19.6 Å². The van der Waals surface area contributed by atoms with E-state index in [9.17, 15) is 19.2 Å². The van der Waals surface area contributed by atoms with E-state index in [1.165, 1.54) is 14.2 Å². The fourth-order valence-corrected chi connectivity index (χ4v) is 11.5. The van der Waals surface area contributed by atoms with Crippen molar-refractivity contribution in [3.8, 4) is 33.6 Å². The van der Waals surface area contributed by atoms with Crippen LogP contribution in [-0.4, -0.2) is 104 Å². The van der Waals surface area contributed by atoms with E-state index in [0.29, 0.717) is 30.6 Å². The largest absolute Gasteiger partial charge is 0.453 e. The van der Waals surface area contributed by atoms with Crippen molar-refractivity contribution in [2.75, 3.05) is 14.2 Å². The van der Waals surface area contributed by atoms with Gasteiger partial charge in [0.25, 0.3) is 0 Å². The topological polar surface area (TPSA) is 184 Å². The summed E-state index contributed by atoms with van der Waals surface area (Å²) in [5.74, 6) is 2.38. The Kier molecular flexibility index (Phi) is 11.4. The number of alkyl carbamates (subject to hydrolysis) is 2. The number of methoxy groups -OCH3 is 2. The van der Waals surface area contributed by atoms with E-state index >= 15 is 0 Å². The van der Waals surface area contributed by atoms with Gasteiger partial charge in [0.2, 0.25) is 11.8 Å². The number of carbonyl (C=O) groups is 4. The minimum Gasteiger partial charge on any atom is -0.453 e. The molecular weight excluding hydrogens is 837 g/mol. The fourth-order valence-electron chi connectivity index (χ4n) is 11.5. The number of aromatic nitrogens is 4. The van der Waals surface area contributed by atoms with Crippen LogP contribution in [0.5, 0.6) is 0 Å². The molecule has 4 amide bonds. The third kappa shape index (κ3) is 8.09. The first-order valence-corrected chi connectivity index (χ1v) is 23.5. The number of benzene rings is 3. The van der Waals surface area contributed by atoms with Crippen molar-refractivity contribution in [1.82, 2.24) is 40.4 Å². The lowest BCUT2D eigenvalue weighted by molar-refractivity contribution is -0.140. The lowest BCUT2D eigenvalue weighted by Crippen LogP contribution is -2.55. The zero-order valence-electron chi connectivity index (χ0n) is 38.6. The fraction of sp³-hybridized carbons (Fsp3) is 0.490. The van der Waals surface area contributed by atoms with Gasteiger partial charge in [0.15, 0.2) is 0 Å². The highest BCUT2D eigenvalue weighted by Gasteiger charge is 2.62. The Morgan fingerprint density at radius 2 is 1.24 bits per heavy atom. The molecule has 15 nitrogen and oxygen atoms in total. The third-order valence-electron chi connectivity index (χ3n) is 15.1. The Morgan fingerprint density at radius 3 is 1.88 bits per heavy atom. The highest BCUT2D eigenvalue weighted by atomic mass is 16.5. The molecule has 0 spiro atoms. The SMILES string of the molecule is COC(=O)NC(C(=O)N1[C@@H]2C[C@@H]2C[C@H]1c1ncc(-c2ccc3cc(-c4ccc(-c5cnc(C6CC7C(C)C7N6C(=O)[C@@H](NC(=O)OC)[C@H]6C[C@@H](C)O[C@@H](C)C6)[nH]5)cc4)ccc3c2)[nH]1)C(C)C. The summed E-state index contributed by atoms with van der Waals surface area (Å²) in [6, 6.07) is 19.8. The summed E-state index contributed by atoms with van der Waals surface area (Å²) in [5.41, 5.74) is 5.93.